The summed E-state index contributed by atoms with van der Waals surface area (Å²) in [5.41, 5.74) is 2.69. The molecular weight excluding hydrogens is 466 g/mol. The first kappa shape index (κ1) is 26.8. The van der Waals surface area contributed by atoms with Crippen LogP contribution in [0, 0.1) is 17.6 Å². The van der Waals surface area contributed by atoms with Crippen LogP contribution in [0.4, 0.5) is 8.78 Å². The Hall–Kier alpha value is -3.27. The van der Waals surface area contributed by atoms with Crippen LogP contribution in [0.25, 0.3) is 11.1 Å². The van der Waals surface area contributed by atoms with Crippen molar-refractivity contribution in [2.24, 2.45) is 5.92 Å². The lowest BCUT2D eigenvalue weighted by Crippen LogP contribution is -2.24. The van der Waals surface area contributed by atoms with E-state index in [1.807, 2.05) is 44.2 Å². The molecule has 4 rings (SSSR count). The van der Waals surface area contributed by atoms with Gasteiger partial charge in [-0.25, -0.2) is 13.6 Å². The van der Waals surface area contributed by atoms with Crippen molar-refractivity contribution in [3.63, 3.8) is 0 Å². The van der Waals surface area contributed by atoms with Crippen LogP contribution >= 0.6 is 0 Å². The van der Waals surface area contributed by atoms with E-state index >= 15 is 0 Å². The van der Waals surface area contributed by atoms with Gasteiger partial charge >= 0.3 is 5.97 Å². The highest BCUT2D eigenvalue weighted by Crippen LogP contribution is 2.31. The fourth-order valence-electron chi connectivity index (χ4n) is 5.23. The third-order valence-electron chi connectivity index (χ3n) is 7.52. The minimum Gasteiger partial charge on any atom is -0.459 e. The fraction of sp³-hybridized carbons (Fsp3) is 0.364. The van der Waals surface area contributed by atoms with Gasteiger partial charge in [0.15, 0.2) is 0 Å². The molecule has 4 heteroatoms. The van der Waals surface area contributed by atoms with Crippen molar-refractivity contribution in [2.45, 2.75) is 70.8 Å². The first-order valence-electron chi connectivity index (χ1n) is 13.4. The minimum absolute atomic E-state index is 0.00499. The molecule has 1 fully saturated rings. The van der Waals surface area contributed by atoms with Crippen molar-refractivity contribution in [1.82, 2.24) is 0 Å². The maximum absolute atomic E-state index is 14.9. The van der Waals surface area contributed by atoms with E-state index in [0.717, 1.165) is 37.7 Å². The Kier molecular flexibility index (Phi) is 9.27. The Morgan fingerprint density at radius 1 is 0.946 bits per heavy atom. The number of ether oxygens (including phenoxy) is 1. The largest absolute Gasteiger partial charge is 0.459 e. The maximum Gasteiger partial charge on any atom is 0.338 e. The average molecular weight is 503 g/mol. The Balaban J connectivity index is 1.35. The van der Waals surface area contributed by atoms with Crippen LogP contribution in [0.5, 0.6) is 0 Å². The third kappa shape index (κ3) is 7.15. The van der Waals surface area contributed by atoms with Crippen LogP contribution in [0.15, 0.2) is 78.9 Å². The second kappa shape index (κ2) is 12.8. The Morgan fingerprint density at radius 3 is 2.22 bits per heavy atom. The SMILES string of the molecule is CC=CCCC1CCC(OC(=O)c2ccc(-c3cc(F)c(C[C@H](C)c4ccccc4)c(F)c3)cc2)CC1. The van der Waals surface area contributed by atoms with Crippen LogP contribution in [-0.2, 0) is 11.2 Å². The number of halogens is 2. The third-order valence-corrected chi connectivity index (χ3v) is 7.52. The molecule has 0 bridgehead atoms. The van der Waals surface area contributed by atoms with Crippen LogP contribution in [0.1, 0.15) is 79.8 Å². The zero-order chi connectivity index (χ0) is 26.2. The molecule has 194 valence electrons. The van der Waals surface area contributed by atoms with Crippen molar-refractivity contribution in [2.75, 3.05) is 0 Å². The summed E-state index contributed by atoms with van der Waals surface area (Å²) in [5, 5.41) is 0. The lowest BCUT2D eigenvalue weighted by Gasteiger charge is -2.28. The molecule has 0 radical (unpaired) electrons. The lowest BCUT2D eigenvalue weighted by atomic mass is 9.84. The van der Waals surface area contributed by atoms with Gasteiger partial charge in [0.25, 0.3) is 0 Å². The molecule has 0 N–H and O–H groups in total. The number of allylic oxidation sites excluding steroid dienone is 2. The molecule has 1 atom stereocenters. The van der Waals surface area contributed by atoms with Gasteiger partial charge in [0, 0.05) is 5.56 Å². The molecule has 0 heterocycles. The molecule has 37 heavy (non-hydrogen) atoms. The van der Waals surface area contributed by atoms with Crippen LogP contribution < -0.4 is 0 Å². The van der Waals surface area contributed by atoms with E-state index in [9.17, 15) is 13.6 Å². The van der Waals surface area contributed by atoms with Crippen molar-refractivity contribution >= 4 is 5.97 Å². The molecule has 0 spiro atoms. The van der Waals surface area contributed by atoms with E-state index in [0.29, 0.717) is 22.6 Å². The van der Waals surface area contributed by atoms with E-state index in [2.05, 4.69) is 12.2 Å². The average Bonchev–Trinajstić information content (AvgIpc) is 2.92. The van der Waals surface area contributed by atoms with Gasteiger partial charge in [-0.2, -0.15) is 0 Å². The fourth-order valence-corrected chi connectivity index (χ4v) is 5.23. The monoisotopic (exact) mass is 502 g/mol. The van der Waals surface area contributed by atoms with Gasteiger partial charge in [0.05, 0.1) is 5.56 Å². The molecule has 1 aliphatic rings. The van der Waals surface area contributed by atoms with Gasteiger partial charge in [-0.3, -0.25) is 0 Å². The van der Waals surface area contributed by atoms with E-state index in [1.165, 1.54) is 18.6 Å². The zero-order valence-corrected chi connectivity index (χ0v) is 21.8. The Bertz CT molecular complexity index is 1170. The van der Waals surface area contributed by atoms with Crippen LogP contribution in [-0.4, -0.2) is 12.1 Å². The molecule has 3 aromatic rings. The standard InChI is InChI=1S/C33H36F2O2/c1-3-4-6-9-24-12-18-29(19-13-24)37-33(36)27-16-14-26(15-17-27)28-21-31(34)30(32(35)22-28)20-23(2)25-10-7-5-8-11-25/h3-5,7-8,10-11,14-17,21-24,29H,6,9,12-13,18-20H2,1-2H3/t23-,24?,29?/m0/s1. The van der Waals surface area contributed by atoms with Crippen LogP contribution in [0.2, 0.25) is 0 Å². The number of carbonyl (C=O) groups excluding carboxylic acids is 1. The zero-order valence-electron chi connectivity index (χ0n) is 21.8. The Morgan fingerprint density at radius 2 is 1.59 bits per heavy atom. The Labute approximate surface area is 219 Å². The normalized spacial score (nSPS) is 18.6. The predicted octanol–water partition coefficient (Wildman–Crippen LogP) is 9.05. The number of hydrogen-bond donors (Lipinski definition) is 0. The first-order chi connectivity index (χ1) is 17.9. The second-order valence-corrected chi connectivity index (χ2v) is 10.2. The molecule has 0 saturated heterocycles. The summed E-state index contributed by atoms with van der Waals surface area (Å²) in [5.74, 6) is -0.745. The highest BCUT2D eigenvalue weighted by atomic mass is 19.1. The highest BCUT2D eigenvalue weighted by molar-refractivity contribution is 5.90. The lowest BCUT2D eigenvalue weighted by molar-refractivity contribution is 0.0162. The van der Waals surface area contributed by atoms with Crippen molar-refractivity contribution in [1.29, 1.82) is 0 Å². The molecule has 2 nitrogen and oxygen atoms in total. The summed E-state index contributed by atoms with van der Waals surface area (Å²) in [6.07, 6.45) is 10.8. The molecule has 0 aromatic heterocycles. The molecule has 1 saturated carbocycles. The van der Waals surface area contributed by atoms with E-state index in [4.69, 9.17) is 4.74 Å². The summed E-state index contributed by atoms with van der Waals surface area (Å²) in [7, 11) is 0. The highest BCUT2D eigenvalue weighted by Gasteiger charge is 2.24. The number of hydrogen-bond acceptors (Lipinski definition) is 2. The van der Waals surface area contributed by atoms with Crippen molar-refractivity contribution < 1.29 is 18.3 Å². The van der Waals surface area contributed by atoms with E-state index in [1.54, 1.807) is 24.3 Å². The quantitative estimate of drug-likeness (QED) is 0.215. The predicted molar refractivity (Wildman–Crippen MR) is 146 cm³/mol. The maximum atomic E-state index is 14.9. The summed E-state index contributed by atoms with van der Waals surface area (Å²) in [4.78, 5) is 12.7. The smallest absolute Gasteiger partial charge is 0.338 e. The second-order valence-electron chi connectivity index (χ2n) is 10.2. The number of rotatable bonds is 9. The molecule has 1 aliphatic carbocycles. The first-order valence-corrected chi connectivity index (χ1v) is 13.4. The number of benzene rings is 3. The number of esters is 1. The van der Waals surface area contributed by atoms with Gasteiger partial charge in [-0.1, -0.05) is 61.5 Å². The number of carbonyl (C=O) groups is 1. The van der Waals surface area contributed by atoms with Gasteiger partial charge in [0.2, 0.25) is 0 Å². The van der Waals surface area contributed by atoms with Crippen molar-refractivity contribution in [3.8, 4) is 11.1 Å². The summed E-state index contributed by atoms with van der Waals surface area (Å²) < 4.78 is 35.6. The summed E-state index contributed by atoms with van der Waals surface area (Å²) in [6.45, 7) is 4.01. The van der Waals surface area contributed by atoms with Gasteiger partial charge < -0.3 is 4.74 Å². The molecule has 3 aromatic carbocycles. The minimum atomic E-state index is -0.553. The topological polar surface area (TPSA) is 26.3 Å². The van der Waals surface area contributed by atoms with Gasteiger partial charge in [-0.05, 0) is 105 Å². The van der Waals surface area contributed by atoms with Crippen molar-refractivity contribution in [3.05, 3.63) is 107 Å². The molecule has 0 unspecified atom stereocenters. The van der Waals surface area contributed by atoms with Crippen LogP contribution in [0.3, 0.4) is 0 Å². The summed E-state index contributed by atoms with van der Waals surface area (Å²) in [6, 6.07) is 19.2. The van der Waals surface area contributed by atoms with E-state index < -0.39 is 11.6 Å². The molecule has 0 amide bonds. The summed E-state index contributed by atoms with van der Waals surface area (Å²) >= 11 is 0. The van der Waals surface area contributed by atoms with Gasteiger partial charge in [0.1, 0.15) is 17.7 Å². The molecular formula is C33H36F2O2. The molecule has 0 aliphatic heterocycles. The van der Waals surface area contributed by atoms with Gasteiger partial charge in [-0.15, -0.1) is 0 Å². The van der Waals surface area contributed by atoms with E-state index in [-0.39, 0.29) is 30.0 Å².